The summed E-state index contributed by atoms with van der Waals surface area (Å²) in [5, 5.41) is 0. The van der Waals surface area contributed by atoms with Crippen LogP contribution in [0.25, 0.3) is 0 Å². The van der Waals surface area contributed by atoms with Crippen molar-refractivity contribution in [2.45, 2.75) is 13.8 Å². The van der Waals surface area contributed by atoms with Gasteiger partial charge in [0.25, 0.3) is 0 Å². The van der Waals surface area contributed by atoms with E-state index < -0.39 is 5.97 Å². The molecule has 0 saturated carbocycles. The predicted octanol–water partition coefficient (Wildman–Crippen LogP) is 3.07. The van der Waals surface area contributed by atoms with Crippen molar-refractivity contribution in [2.75, 3.05) is 6.61 Å². The fourth-order valence-electron chi connectivity index (χ4n) is 1.35. The molecule has 0 bridgehead atoms. The minimum Gasteiger partial charge on any atom is -0.460 e. The molecule has 1 aromatic carbocycles. The summed E-state index contributed by atoms with van der Waals surface area (Å²) < 4.78 is 9.75. The minimum atomic E-state index is -0.631. The van der Waals surface area contributed by atoms with Crippen LogP contribution in [0.15, 0.2) is 41.7 Å². The standard InChI is InChI=1S/C13H13IO4/c1-3-17-13(16)12(18-14)9(2)11(15)10-7-5-4-6-8-10/h4-8H,3H2,1-2H3/b12-9-. The largest absolute Gasteiger partial charge is 0.460 e. The zero-order valence-electron chi connectivity index (χ0n) is 10.1. The minimum absolute atomic E-state index is 0.0636. The van der Waals surface area contributed by atoms with Gasteiger partial charge in [-0.25, -0.2) is 4.79 Å². The van der Waals surface area contributed by atoms with Crippen molar-refractivity contribution in [3.63, 3.8) is 0 Å². The number of ketones is 1. The molecule has 18 heavy (non-hydrogen) atoms. The van der Waals surface area contributed by atoms with E-state index in [1.165, 1.54) is 0 Å². The summed E-state index contributed by atoms with van der Waals surface area (Å²) >= 11 is 1.56. The lowest BCUT2D eigenvalue weighted by atomic mass is 10.0. The molecule has 5 heteroatoms. The monoisotopic (exact) mass is 360 g/mol. The molecule has 0 atom stereocenters. The number of benzene rings is 1. The summed E-state index contributed by atoms with van der Waals surface area (Å²) in [6.07, 6.45) is 0. The average molecular weight is 360 g/mol. The van der Waals surface area contributed by atoms with Gasteiger partial charge in [0.2, 0.25) is 5.76 Å². The number of Topliss-reactive ketones (excluding diaryl/α,β-unsaturated/α-hetero) is 1. The van der Waals surface area contributed by atoms with Gasteiger partial charge < -0.3 is 7.80 Å². The highest BCUT2D eigenvalue weighted by Crippen LogP contribution is 2.16. The van der Waals surface area contributed by atoms with Crippen LogP contribution in [0, 0.1) is 0 Å². The predicted molar refractivity (Wildman–Crippen MR) is 75.2 cm³/mol. The lowest BCUT2D eigenvalue weighted by molar-refractivity contribution is -0.140. The summed E-state index contributed by atoms with van der Waals surface area (Å²) in [6, 6.07) is 8.70. The summed E-state index contributed by atoms with van der Waals surface area (Å²) in [5.41, 5.74) is 0.735. The van der Waals surface area contributed by atoms with Crippen LogP contribution in [-0.2, 0) is 12.6 Å². The zero-order valence-corrected chi connectivity index (χ0v) is 12.3. The zero-order chi connectivity index (χ0) is 13.5. The molecule has 1 aromatic rings. The van der Waals surface area contributed by atoms with Gasteiger partial charge >= 0.3 is 5.97 Å². The number of esters is 1. The van der Waals surface area contributed by atoms with Crippen LogP contribution >= 0.6 is 23.0 Å². The molecule has 0 aromatic heterocycles. The Morgan fingerprint density at radius 1 is 1.22 bits per heavy atom. The Bertz CT molecular complexity index is 465. The van der Waals surface area contributed by atoms with Crippen molar-refractivity contribution in [2.24, 2.45) is 0 Å². The normalized spacial score (nSPS) is 11.5. The van der Waals surface area contributed by atoms with Crippen LogP contribution < -0.4 is 0 Å². The van der Waals surface area contributed by atoms with E-state index in [1.807, 2.05) is 6.07 Å². The molecular weight excluding hydrogens is 347 g/mol. The van der Waals surface area contributed by atoms with E-state index in [1.54, 1.807) is 61.1 Å². The highest BCUT2D eigenvalue weighted by Gasteiger charge is 2.21. The summed E-state index contributed by atoms with van der Waals surface area (Å²) in [6.45, 7) is 3.46. The van der Waals surface area contributed by atoms with Crippen LogP contribution in [0.4, 0.5) is 0 Å². The Morgan fingerprint density at radius 2 is 1.83 bits per heavy atom. The molecular formula is C13H13IO4. The molecule has 1 rings (SSSR count). The average Bonchev–Trinajstić information content (AvgIpc) is 2.40. The van der Waals surface area contributed by atoms with E-state index >= 15 is 0 Å². The molecule has 0 amide bonds. The highest BCUT2D eigenvalue weighted by molar-refractivity contribution is 14.1. The maximum absolute atomic E-state index is 12.1. The molecule has 0 N–H and O–H groups in total. The second-order valence-electron chi connectivity index (χ2n) is 3.45. The smallest absolute Gasteiger partial charge is 0.375 e. The molecule has 96 valence electrons. The van der Waals surface area contributed by atoms with Crippen LogP contribution in [0.2, 0.25) is 0 Å². The van der Waals surface area contributed by atoms with Gasteiger partial charge in [-0.05, 0) is 13.8 Å². The molecule has 0 fully saturated rings. The van der Waals surface area contributed by atoms with Crippen molar-refractivity contribution < 1.29 is 17.4 Å². The van der Waals surface area contributed by atoms with Gasteiger partial charge in [0, 0.05) is 11.1 Å². The maximum atomic E-state index is 12.1. The number of carbonyl (C=O) groups is 2. The highest BCUT2D eigenvalue weighted by atomic mass is 127. The van der Waals surface area contributed by atoms with E-state index in [2.05, 4.69) is 0 Å². The Labute approximate surface area is 120 Å². The molecule has 0 aliphatic carbocycles. The quantitative estimate of drug-likeness (QED) is 0.266. The van der Waals surface area contributed by atoms with Crippen molar-refractivity contribution in [3.8, 4) is 0 Å². The summed E-state index contributed by atoms with van der Waals surface area (Å²) in [7, 11) is 0. The molecule has 0 radical (unpaired) electrons. The van der Waals surface area contributed by atoms with Crippen LogP contribution in [-0.4, -0.2) is 18.4 Å². The topological polar surface area (TPSA) is 52.6 Å². The Balaban J connectivity index is 3.05. The van der Waals surface area contributed by atoms with E-state index in [-0.39, 0.29) is 23.7 Å². The molecule has 0 aliphatic heterocycles. The third-order valence-corrected chi connectivity index (χ3v) is 2.70. The summed E-state index contributed by atoms with van der Waals surface area (Å²) in [5.74, 6) is -0.949. The Hall–Kier alpha value is -1.37. The van der Waals surface area contributed by atoms with Crippen molar-refractivity contribution in [3.05, 3.63) is 47.2 Å². The summed E-state index contributed by atoms with van der Waals surface area (Å²) in [4.78, 5) is 23.7. The maximum Gasteiger partial charge on any atom is 0.375 e. The fraction of sp³-hybridized carbons (Fsp3) is 0.231. The lowest BCUT2D eigenvalue weighted by Gasteiger charge is -2.07. The first-order valence-corrected chi connectivity index (χ1v) is 6.26. The van der Waals surface area contributed by atoms with Crippen molar-refractivity contribution in [1.82, 2.24) is 0 Å². The van der Waals surface area contributed by atoms with Gasteiger partial charge in [0.1, 0.15) is 0 Å². The number of hydrogen-bond donors (Lipinski definition) is 0. The molecule has 0 heterocycles. The SMILES string of the molecule is CCOC(=O)/C(OI)=C(\C)C(=O)c1ccccc1. The molecule has 0 spiro atoms. The lowest BCUT2D eigenvalue weighted by Crippen LogP contribution is -2.13. The van der Waals surface area contributed by atoms with Crippen LogP contribution in [0.1, 0.15) is 24.2 Å². The first-order chi connectivity index (χ1) is 8.61. The number of allylic oxidation sites excluding steroid dienone is 1. The number of carbonyl (C=O) groups excluding carboxylic acids is 2. The Kier molecular flexibility index (Phi) is 5.84. The Morgan fingerprint density at radius 3 is 2.33 bits per heavy atom. The molecule has 0 aliphatic rings. The number of rotatable bonds is 5. The van der Waals surface area contributed by atoms with Gasteiger partial charge in [-0.15, -0.1) is 0 Å². The van der Waals surface area contributed by atoms with Gasteiger partial charge in [0.15, 0.2) is 28.8 Å². The van der Waals surface area contributed by atoms with E-state index in [0.717, 1.165) is 0 Å². The van der Waals surface area contributed by atoms with E-state index in [9.17, 15) is 9.59 Å². The molecule has 0 unspecified atom stereocenters. The molecule has 4 nitrogen and oxygen atoms in total. The second-order valence-corrected chi connectivity index (χ2v) is 3.89. The van der Waals surface area contributed by atoms with Gasteiger partial charge in [-0.1, -0.05) is 30.3 Å². The van der Waals surface area contributed by atoms with E-state index in [4.69, 9.17) is 7.80 Å². The van der Waals surface area contributed by atoms with Crippen molar-refractivity contribution in [1.29, 1.82) is 0 Å². The molecule has 0 saturated heterocycles. The van der Waals surface area contributed by atoms with Gasteiger partial charge in [-0.2, -0.15) is 0 Å². The third-order valence-electron chi connectivity index (χ3n) is 2.26. The van der Waals surface area contributed by atoms with Crippen LogP contribution in [0.3, 0.4) is 0 Å². The third kappa shape index (κ3) is 3.56. The number of hydrogen-bond acceptors (Lipinski definition) is 4. The van der Waals surface area contributed by atoms with Crippen LogP contribution in [0.5, 0.6) is 0 Å². The van der Waals surface area contributed by atoms with Crippen molar-refractivity contribution >= 4 is 34.8 Å². The first kappa shape index (κ1) is 14.7. The van der Waals surface area contributed by atoms with Gasteiger partial charge in [0.05, 0.1) is 6.61 Å². The first-order valence-electron chi connectivity index (χ1n) is 5.38. The fourth-order valence-corrected chi connectivity index (χ4v) is 1.86. The van der Waals surface area contributed by atoms with Gasteiger partial charge in [-0.3, -0.25) is 4.79 Å². The van der Waals surface area contributed by atoms with E-state index in [0.29, 0.717) is 5.56 Å². The second kappa shape index (κ2) is 7.15. The number of halogens is 1. The number of ether oxygens (including phenoxy) is 1.